The van der Waals surface area contributed by atoms with Gasteiger partial charge in [-0.3, -0.25) is 4.98 Å². The lowest BCUT2D eigenvalue weighted by molar-refractivity contribution is 0.193. The molecule has 0 bridgehead atoms. The number of rotatable bonds is 7. The second-order valence-corrected chi connectivity index (χ2v) is 10.6. The van der Waals surface area contributed by atoms with Gasteiger partial charge in [0.1, 0.15) is 0 Å². The number of hydrogen-bond donors (Lipinski definition) is 2. The second kappa shape index (κ2) is 10.7. The van der Waals surface area contributed by atoms with Crippen molar-refractivity contribution in [2.75, 3.05) is 43.4 Å². The van der Waals surface area contributed by atoms with Gasteiger partial charge in [0.2, 0.25) is 0 Å². The van der Waals surface area contributed by atoms with E-state index in [1.165, 1.54) is 35.3 Å². The van der Waals surface area contributed by atoms with Crippen LogP contribution in [-0.4, -0.2) is 49.2 Å². The van der Waals surface area contributed by atoms with Gasteiger partial charge in [0, 0.05) is 53.3 Å². The summed E-state index contributed by atoms with van der Waals surface area (Å²) in [4.78, 5) is 9.38. The van der Waals surface area contributed by atoms with Crippen LogP contribution in [0.2, 0.25) is 5.02 Å². The third-order valence-electron chi connectivity index (χ3n) is 7.88. The molecule has 3 aromatic carbocycles. The van der Waals surface area contributed by atoms with Gasteiger partial charge in [0.25, 0.3) is 0 Å². The molecule has 0 amide bonds. The highest BCUT2D eigenvalue weighted by molar-refractivity contribution is 6.31. The molecule has 37 heavy (non-hydrogen) atoms. The highest BCUT2D eigenvalue weighted by atomic mass is 35.5. The zero-order valence-corrected chi connectivity index (χ0v) is 22.1. The molecule has 6 rings (SSSR count). The fourth-order valence-corrected chi connectivity index (χ4v) is 6.08. The summed E-state index contributed by atoms with van der Waals surface area (Å²) in [6.45, 7) is 4.35. The summed E-state index contributed by atoms with van der Waals surface area (Å²) in [5, 5.41) is 9.49. The van der Waals surface area contributed by atoms with Gasteiger partial charge >= 0.3 is 0 Å². The number of nitrogens with one attached hydrogen (secondary N) is 2. The van der Waals surface area contributed by atoms with Gasteiger partial charge in [-0.1, -0.05) is 48.0 Å². The van der Waals surface area contributed by atoms with Crippen LogP contribution in [-0.2, 0) is 0 Å². The van der Waals surface area contributed by atoms with Crippen LogP contribution in [0.25, 0.3) is 10.9 Å². The zero-order chi connectivity index (χ0) is 25.2. The standard InChI is InChI=1S/C31H34ClN5/c1-36-29-9-4-2-7-25(29)31(26-8-3-5-10-30(26)36)35-23-14-19-37(20-15-23)18-6-16-33-27-13-17-34-28-21-22(32)11-12-24(27)28/h2-5,7-13,17,21,23,31,35H,6,14-16,18-20H2,1H3,(H,33,34). The summed E-state index contributed by atoms with van der Waals surface area (Å²) in [7, 11) is 2.17. The van der Waals surface area contributed by atoms with Crippen LogP contribution >= 0.6 is 11.6 Å². The van der Waals surface area contributed by atoms with Gasteiger partial charge in [-0.25, -0.2) is 0 Å². The second-order valence-electron chi connectivity index (χ2n) is 10.2. The number of halogens is 1. The van der Waals surface area contributed by atoms with Crippen molar-refractivity contribution >= 4 is 39.6 Å². The highest BCUT2D eigenvalue weighted by Gasteiger charge is 2.30. The third kappa shape index (κ3) is 5.04. The first kappa shape index (κ1) is 24.2. The van der Waals surface area contributed by atoms with Crippen LogP contribution in [0, 0.1) is 0 Å². The number of anilines is 3. The van der Waals surface area contributed by atoms with Crippen LogP contribution in [0.5, 0.6) is 0 Å². The fourth-order valence-electron chi connectivity index (χ4n) is 5.91. The molecule has 0 atom stereocenters. The Morgan fingerprint density at radius 1 is 0.919 bits per heavy atom. The molecule has 190 valence electrons. The van der Waals surface area contributed by atoms with Crippen LogP contribution in [0.3, 0.4) is 0 Å². The number of pyridine rings is 1. The summed E-state index contributed by atoms with van der Waals surface area (Å²) in [6, 6.07) is 26.4. The Labute approximate surface area is 224 Å². The first-order valence-electron chi connectivity index (χ1n) is 13.4. The Kier molecular flexibility index (Phi) is 7.01. The molecule has 1 saturated heterocycles. The monoisotopic (exact) mass is 511 g/mol. The average Bonchev–Trinajstić information content (AvgIpc) is 2.94. The highest BCUT2D eigenvalue weighted by Crippen LogP contribution is 2.43. The van der Waals surface area contributed by atoms with E-state index in [0.29, 0.717) is 6.04 Å². The van der Waals surface area contributed by atoms with Crippen molar-refractivity contribution in [3.8, 4) is 0 Å². The van der Waals surface area contributed by atoms with E-state index in [4.69, 9.17) is 11.6 Å². The molecule has 1 aromatic heterocycles. The number of piperidine rings is 1. The predicted octanol–water partition coefficient (Wildman–Crippen LogP) is 6.62. The molecule has 2 aliphatic rings. The quantitative estimate of drug-likeness (QED) is 0.273. The van der Waals surface area contributed by atoms with E-state index in [-0.39, 0.29) is 6.04 Å². The molecule has 3 heterocycles. The molecule has 6 heteroatoms. The van der Waals surface area contributed by atoms with E-state index in [0.717, 1.165) is 54.2 Å². The smallest absolute Gasteiger partial charge is 0.0737 e. The lowest BCUT2D eigenvalue weighted by Gasteiger charge is -2.39. The predicted molar refractivity (Wildman–Crippen MR) is 155 cm³/mol. The number of nitrogens with zero attached hydrogens (tertiary/aromatic N) is 3. The first-order chi connectivity index (χ1) is 18.2. The largest absolute Gasteiger partial charge is 0.384 e. The minimum absolute atomic E-state index is 0.245. The fraction of sp³-hybridized carbons (Fsp3) is 0.323. The van der Waals surface area contributed by atoms with E-state index in [2.05, 4.69) is 81.0 Å². The topological polar surface area (TPSA) is 43.4 Å². The Morgan fingerprint density at radius 2 is 1.62 bits per heavy atom. The van der Waals surface area contributed by atoms with E-state index >= 15 is 0 Å². The Bertz CT molecular complexity index is 1330. The molecular weight excluding hydrogens is 478 g/mol. The van der Waals surface area contributed by atoms with Crippen molar-refractivity contribution in [1.29, 1.82) is 0 Å². The average molecular weight is 512 g/mol. The van der Waals surface area contributed by atoms with Gasteiger partial charge in [-0.05, 0) is 86.4 Å². The van der Waals surface area contributed by atoms with E-state index in [1.807, 2.05) is 30.5 Å². The maximum absolute atomic E-state index is 6.13. The number of likely N-dealkylation sites (tertiary alicyclic amines) is 1. The van der Waals surface area contributed by atoms with E-state index in [9.17, 15) is 0 Å². The lowest BCUT2D eigenvalue weighted by Crippen LogP contribution is -2.45. The van der Waals surface area contributed by atoms with Crippen molar-refractivity contribution in [2.45, 2.75) is 31.3 Å². The number of benzene rings is 3. The zero-order valence-electron chi connectivity index (χ0n) is 21.3. The Hall–Kier alpha value is -3.12. The van der Waals surface area contributed by atoms with E-state index in [1.54, 1.807) is 0 Å². The number of fused-ring (bicyclic) bond motifs is 3. The summed E-state index contributed by atoms with van der Waals surface area (Å²) in [5.41, 5.74) is 7.42. The maximum Gasteiger partial charge on any atom is 0.0737 e. The van der Waals surface area contributed by atoms with Crippen molar-refractivity contribution in [3.05, 3.63) is 95.1 Å². The molecule has 0 aliphatic carbocycles. The summed E-state index contributed by atoms with van der Waals surface area (Å²) in [5.74, 6) is 0. The van der Waals surface area contributed by atoms with Gasteiger partial charge in [-0.2, -0.15) is 0 Å². The van der Waals surface area contributed by atoms with Crippen LogP contribution in [0.4, 0.5) is 17.1 Å². The number of aromatic nitrogens is 1. The van der Waals surface area contributed by atoms with Crippen molar-refractivity contribution in [2.24, 2.45) is 0 Å². The van der Waals surface area contributed by atoms with Crippen LogP contribution in [0.15, 0.2) is 79.0 Å². The molecule has 1 fully saturated rings. The van der Waals surface area contributed by atoms with Crippen molar-refractivity contribution < 1.29 is 0 Å². The summed E-state index contributed by atoms with van der Waals surface area (Å²) < 4.78 is 0. The molecule has 0 saturated carbocycles. The van der Waals surface area contributed by atoms with Gasteiger partial charge in [0.05, 0.1) is 11.6 Å². The van der Waals surface area contributed by atoms with Gasteiger partial charge in [0.15, 0.2) is 0 Å². The number of hydrogen-bond acceptors (Lipinski definition) is 5. The van der Waals surface area contributed by atoms with Gasteiger partial charge in [-0.15, -0.1) is 0 Å². The molecule has 0 radical (unpaired) electrons. The minimum atomic E-state index is 0.245. The molecule has 2 N–H and O–H groups in total. The maximum atomic E-state index is 6.13. The van der Waals surface area contributed by atoms with Crippen molar-refractivity contribution in [3.63, 3.8) is 0 Å². The number of para-hydroxylation sites is 2. The molecule has 2 aliphatic heterocycles. The Morgan fingerprint density at radius 3 is 2.35 bits per heavy atom. The first-order valence-corrected chi connectivity index (χ1v) is 13.7. The lowest BCUT2D eigenvalue weighted by atomic mass is 9.89. The molecule has 4 aromatic rings. The Balaban J connectivity index is 1.02. The molecule has 0 unspecified atom stereocenters. The molecule has 0 spiro atoms. The summed E-state index contributed by atoms with van der Waals surface area (Å²) in [6.07, 6.45) is 5.32. The van der Waals surface area contributed by atoms with Gasteiger partial charge < -0.3 is 20.4 Å². The van der Waals surface area contributed by atoms with Crippen molar-refractivity contribution in [1.82, 2.24) is 15.2 Å². The third-order valence-corrected chi connectivity index (χ3v) is 8.11. The normalized spacial score (nSPS) is 16.5. The van der Waals surface area contributed by atoms with E-state index < -0.39 is 0 Å². The molecular formula is C31H34ClN5. The minimum Gasteiger partial charge on any atom is -0.384 e. The SMILES string of the molecule is CN1c2ccccc2C(NC2CCN(CCCNc3ccnc4cc(Cl)ccc34)CC2)c2ccccc21. The van der Waals surface area contributed by atoms with Crippen LogP contribution in [0.1, 0.15) is 36.4 Å². The molecule has 5 nitrogen and oxygen atoms in total. The van der Waals surface area contributed by atoms with Crippen LogP contribution < -0.4 is 15.5 Å². The summed E-state index contributed by atoms with van der Waals surface area (Å²) >= 11 is 6.13.